The first kappa shape index (κ1) is 18.9. The molecule has 0 radical (unpaired) electrons. The fraction of sp³-hybridized carbons (Fsp3) is 0.643. The average molecular weight is 348 g/mol. The summed E-state index contributed by atoms with van der Waals surface area (Å²) in [4.78, 5) is 22.9. The monoisotopic (exact) mass is 347 g/mol. The van der Waals surface area contributed by atoms with Crippen molar-refractivity contribution < 1.29 is 4.79 Å². The second kappa shape index (κ2) is 9.12. The standard InChI is InChI=1S/C14H21N5O.2ClH/c20-13(17-10-11-8-15-9-11)12-4-5-16-14(18-12)19-6-2-1-3-7-19;;/h4-5,11,15H,1-3,6-10H2,(H,17,20);2*1H. The molecule has 1 amide bonds. The molecule has 6 nitrogen and oxygen atoms in total. The lowest BCUT2D eigenvalue weighted by Crippen LogP contribution is -2.48. The van der Waals surface area contributed by atoms with Crippen molar-refractivity contribution in [1.29, 1.82) is 0 Å². The predicted octanol–water partition coefficient (Wildman–Crippen LogP) is 1.26. The number of nitrogens with zero attached hydrogens (tertiary/aromatic N) is 3. The summed E-state index contributed by atoms with van der Waals surface area (Å²) in [7, 11) is 0. The van der Waals surface area contributed by atoms with E-state index >= 15 is 0 Å². The van der Waals surface area contributed by atoms with E-state index in [0.29, 0.717) is 17.6 Å². The number of piperidine rings is 1. The van der Waals surface area contributed by atoms with Crippen molar-refractivity contribution in [2.75, 3.05) is 37.6 Å². The van der Waals surface area contributed by atoms with Gasteiger partial charge in [-0.05, 0) is 25.3 Å². The molecule has 0 atom stereocenters. The van der Waals surface area contributed by atoms with Gasteiger partial charge in [-0.25, -0.2) is 9.97 Å². The number of amides is 1. The molecule has 3 heterocycles. The Morgan fingerprint density at radius 2 is 2.00 bits per heavy atom. The SMILES string of the molecule is Cl.Cl.O=C(NCC1CNC1)c1ccnc(N2CCCCC2)n1. The van der Waals surface area contributed by atoms with Crippen molar-refractivity contribution in [1.82, 2.24) is 20.6 Å². The number of halogens is 2. The highest BCUT2D eigenvalue weighted by atomic mass is 35.5. The molecule has 1 aromatic rings. The minimum absolute atomic E-state index is 0. The van der Waals surface area contributed by atoms with Crippen molar-refractivity contribution in [2.24, 2.45) is 5.92 Å². The molecule has 0 saturated carbocycles. The fourth-order valence-corrected chi connectivity index (χ4v) is 2.54. The molecule has 2 aliphatic heterocycles. The number of anilines is 1. The van der Waals surface area contributed by atoms with Crippen LogP contribution in [0.1, 0.15) is 29.8 Å². The highest BCUT2D eigenvalue weighted by Crippen LogP contribution is 2.15. The third kappa shape index (κ3) is 4.69. The van der Waals surface area contributed by atoms with Crippen LogP contribution in [-0.4, -0.2) is 48.6 Å². The Hall–Kier alpha value is -1.11. The number of carbonyl (C=O) groups excluding carboxylic acids is 1. The Labute approximate surface area is 143 Å². The second-order valence-electron chi connectivity index (χ2n) is 5.52. The molecule has 0 spiro atoms. The maximum Gasteiger partial charge on any atom is 0.270 e. The summed E-state index contributed by atoms with van der Waals surface area (Å²) >= 11 is 0. The van der Waals surface area contributed by atoms with Crippen LogP contribution in [-0.2, 0) is 0 Å². The van der Waals surface area contributed by atoms with Crippen molar-refractivity contribution in [3.63, 3.8) is 0 Å². The third-order valence-corrected chi connectivity index (χ3v) is 3.93. The van der Waals surface area contributed by atoms with Gasteiger partial charge in [0.05, 0.1) is 0 Å². The van der Waals surface area contributed by atoms with Crippen LogP contribution in [0.5, 0.6) is 0 Å². The van der Waals surface area contributed by atoms with Gasteiger partial charge in [0.1, 0.15) is 5.69 Å². The molecular weight excluding hydrogens is 325 g/mol. The summed E-state index contributed by atoms with van der Waals surface area (Å²) in [5.74, 6) is 1.14. The van der Waals surface area contributed by atoms with Gasteiger partial charge in [-0.2, -0.15) is 0 Å². The number of carbonyl (C=O) groups is 1. The van der Waals surface area contributed by atoms with Gasteiger partial charge in [0.2, 0.25) is 5.95 Å². The van der Waals surface area contributed by atoms with Crippen LogP contribution in [0.2, 0.25) is 0 Å². The molecule has 2 N–H and O–H groups in total. The highest BCUT2D eigenvalue weighted by molar-refractivity contribution is 5.92. The summed E-state index contributed by atoms with van der Waals surface area (Å²) in [6.45, 7) is 4.67. The fourth-order valence-electron chi connectivity index (χ4n) is 2.54. The molecule has 0 aromatic carbocycles. The van der Waals surface area contributed by atoms with Crippen LogP contribution in [0.15, 0.2) is 12.3 Å². The van der Waals surface area contributed by atoms with E-state index < -0.39 is 0 Å². The normalized spacial score (nSPS) is 17.7. The van der Waals surface area contributed by atoms with Crippen LogP contribution in [0.25, 0.3) is 0 Å². The largest absolute Gasteiger partial charge is 0.350 e. The number of aromatic nitrogens is 2. The van der Waals surface area contributed by atoms with Gasteiger partial charge >= 0.3 is 0 Å². The van der Waals surface area contributed by atoms with Crippen LogP contribution in [0, 0.1) is 5.92 Å². The molecule has 2 saturated heterocycles. The zero-order valence-electron chi connectivity index (χ0n) is 12.5. The molecular formula is C14H23Cl2N5O. The Kier molecular flexibility index (Phi) is 7.85. The molecule has 2 fully saturated rings. The van der Waals surface area contributed by atoms with Gasteiger partial charge in [0.15, 0.2) is 0 Å². The van der Waals surface area contributed by atoms with E-state index in [0.717, 1.165) is 32.7 Å². The number of hydrogen-bond acceptors (Lipinski definition) is 5. The molecule has 0 aliphatic carbocycles. The Morgan fingerprint density at radius 1 is 1.27 bits per heavy atom. The van der Waals surface area contributed by atoms with E-state index in [4.69, 9.17) is 0 Å². The van der Waals surface area contributed by atoms with Crippen LogP contribution in [0.4, 0.5) is 5.95 Å². The maximum absolute atomic E-state index is 12.1. The number of rotatable bonds is 4. The highest BCUT2D eigenvalue weighted by Gasteiger charge is 2.19. The van der Waals surface area contributed by atoms with Gasteiger partial charge in [-0.3, -0.25) is 4.79 Å². The van der Waals surface area contributed by atoms with Crippen LogP contribution < -0.4 is 15.5 Å². The van der Waals surface area contributed by atoms with Crippen molar-refractivity contribution in [3.8, 4) is 0 Å². The molecule has 8 heteroatoms. The first-order valence-corrected chi connectivity index (χ1v) is 7.40. The Morgan fingerprint density at radius 3 is 2.64 bits per heavy atom. The van der Waals surface area contributed by atoms with E-state index in [-0.39, 0.29) is 30.7 Å². The zero-order valence-corrected chi connectivity index (χ0v) is 14.1. The van der Waals surface area contributed by atoms with Gasteiger partial charge < -0.3 is 15.5 Å². The Bertz CT molecular complexity index is 478. The van der Waals surface area contributed by atoms with Crippen molar-refractivity contribution >= 4 is 36.7 Å². The summed E-state index contributed by atoms with van der Waals surface area (Å²) in [6, 6.07) is 1.68. The van der Waals surface area contributed by atoms with Gasteiger partial charge in [-0.1, -0.05) is 0 Å². The lowest BCUT2D eigenvalue weighted by molar-refractivity contribution is 0.0937. The van der Waals surface area contributed by atoms with E-state index in [1.54, 1.807) is 12.3 Å². The molecule has 2 aliphatic rings. The lowest BCUT2D eigenvalue weighted by atomic mass is 10.0. The van der Waals surface area contributed by atoms with Crippen molar-refractivity contribution in [2.45, 2.75) is 19.3 Å². The van der Waals surface area contributed by atoms with Crippen LogP contribution in [0.3, 0.4) is 0 Å². The van der Waals surface area contributed by atoms with Gasteiger partial charge in [0, 0.05) is 44.8 Å². The predicted molar refractivity (Wildman–Crippen MR) is 91.3 cm³/mol. The first-order valence-electron chi connectivity index (χ1n) is 7.40. The van der Waals surface area contributed by atoms with E-state index in [1.165, 1.54) is 19.3 Å². The second-order valence-corrected chi connectivity index (χ2v) is 5.52. The molecule has 0 bridgehead atoms. The smallest absolute Gasteiger partial charge is 0.270 e. The van der Waals surface area contributed by atoms with E-state index in [9.17, 15) is 4.79 Å². The summed E-state index contributed by atoms with van der Waals surface area (Å²) in [6.07, 6.45) is 5.30. The van der Waals surface area contributed by atoms with Crippen LogP contribution >= 0.6 is 24.8 Å². The first-order chi connectivity index (χ1) is 9.83. The molecule has 0 unspecified atom stereocenters. The Balaban J connectivity index is 0.00000121. The topological polar surface area (TPSA) is 70.2 Å². The van der Waals surface area contributed by atoms with Gasteiger partial charge in [-0.15, -0.1) is 24.8 Å². The molecule has 22 heavy (non-hydrogen) atoms. The van der Waals surface area contributed by atoms with E-state index in [2.05, 4.69) is 25.5 Å². The zero-order chi connectivity index (χ0) is 13.8. The number of nitrogens with one attached hydrogen (secondary N) is 2. The maximum atomic E-state index is 12.1. The minimum atomic E-state index is -0.0995. The molecule has 124 valence electrons. The lowest BCUT2D eigenvalue weighted by Gasteiger charge is -2.27. The molecule has 3 rings (SSSR count). The summed E-state index contributed by atoms with van der Waals surface area (Å²) < 4.78 is 0. The van der Waals surface area contributed by atoms with E-state index in [1.807, 2.05) is 0 Å². The molecule has 1 aromatic heterocycles. The quantitative estimate of drug-likeness (QED) is 0.857. The summed E-state index contributed by atoms with van der Waals surface area (Å²) in [5.41, 5.74) is 0.466. The summed E-state index contributed by atoms with van der Waals surface area (Å²) in [5, 5.41) is 6.14. The minimum Gasteiger partial charge on any atom is -0.350 e. The van der Waals surface area contributed by atoms with Crippen molar-refractivity contribution in [3.05, 3.63) is 18.0 Å². The average Bonchev–Trinajstić information content (AvgIpc) is 2.46. The third-order valence-electron chi connectivity index (χ3n) is 3.93. The number of hydrogen-bond donors (Lipinski definition) is 2. The van der Waals surface area contributed by atoms with Gasteiger partial charge in [0.25, 0.3) is 5.91 Å².